The predicted molar refractivity (Wildman–Crippen MR) is 183 cm³/mol. The average Bonchev–Trinajstić information content (AvgIpc) is 3.35. The summed E-state index contributed by atoms with van der Waals surface area (Å²) in [5, 5.41) is 1.36. The van der Waals surface area contributed by atoms with Gasteiger partial charge in [0.1, 0.15) is 30.5 Å². The van der Waals surface area contributed by atoms with Gasteiger partial charge in [0, 0.05) is 42.4 Å². The number of thiophene rings is 1. The van der Waals surface area contributed by atoms with Crippen LogP contribution >= 0.6 is 11.3 Å². The molecule has 0 aliphatic carbocycles. The second kappa shape index (κ2) is 19.0. The van der Waals surface area contributed by atoms with Crippen molar-refractivity contribution in [3.8, 4) is 0 Å². The highest BCUT2D eigenvalue weighted by molar-refractivity contribution is 7.19. The van der Waals surface area contributed by atoms with Crippen LogP contribution in [0, 0.1) is 6.92 Å². The van der Waals surface area contributed by atoms with Gasteiger partial charge < -0.3 is 23.7 Å². The molecule has 1 unspecified atom stereocenters. The summed E-state index contributed by atoms with van der Waals surface area (Å²) in [4.78, 5) is 1.41. The number of fused-ring (bicyclic) bond motifs is 1. The standard InChI is InChI=1S/C38H56O5S/c1-6-10-21-39-27-32-36(40-22-11-7-2)38(42-24-13-9-4)37(41-23-12-8-3)35(43-32)30-18-16-17-29(25-30)26-34-28(5)31-19-14-15-20-33(31)44-34/h14-20,25,32,35-38H,6-13,21-24,26-27H2,1-5H3/t32-,35+,36-,37+,38?/m1/s1. The molecule has 2 aromatic carbocycles. The van der Waals surface area contributed by atoms with Crippen molar-refractivity contribution >= 4 is 21.4 Å². The van der Waals surface area contributed by atoms with Crippen LogP contribution in [-0.2, 0) is 30.1 Å². The van der Waals surface area contributed by atoms with Gasteiger partial charge in [0.2, 0.25) is 0 Å². The number of aryl methyl sites for hydroxylation is 1. The highest BCUT2D eigenvalue weighted by atomic mass is 32.1. The molecule has 4 rings (SSSR count). The molecule has 244 valence electrons. The number of hydrogen-bond donors (Lipinski definition) is 0. The maximum Gasteiger partial charge on any atom is 0.117 e. The van der Waals surface area contributed by atoms with Crippen LogP contribution < -0.4 is 0 Å². The Labute approximate surface area is 270 Å². The summed E-state index contributed by atoms with van der Waals surface area (Å²) < 4.78 is 34.6. The molecule has 1 aromatic heterocycles. The van der Waals surface area contributed by atoms with Gasteiger partial charge in [-0.2, -0.15) is 0 Å². The lowest BCUT2D eigenvalue weighted by molar-refractivity contribution is -0.268. The van der Waals surface area contributed by atoms with Crippen LogP contribution in [-0.4, -0.2) is 57.5 Å². The number of ether oxygens (including phenoxy) is 5. The molecular weight excluding hydrogens is 568 g/mol. The smallest absolute Gasteiger partial charge is 0.117 e. The monoisotopic (exact) mass is 624 g/mol. The Morgan fingerprint density at radius 3 is 2.02 bits per heavy atom. The first-order chi connectivity index (χ1) is 21.6. The van der Waals surface area contributed by atoms with E-state index in [1.807, 2.05) is 11.3 Å². The van der Waals surface area contributed by atoms with E-state index in [9.17, 15) is 0 Å². The van der Waals surface area contributed by atoms with Crippen LogP contribution in [0.25, 0.3) is 10.1 Å². The Balaban J connectivity index is 1.66. The first-order valence-electron chi connectivity index (χ1n) is 17.2. The number of hydrogen-bond acceptors (Lipinski definition) is 6. The van der Waals surface area contributed by atoms with Gasteiger partial charge in [0.05, 0.1) is 6.61 Å². The molecule has 0 radical (unpaired) electrons. The third kappa shape index (κ3) is 9.60. The molecule has 5 atom stereocenters. The maximum absolute atomic E-state index is 7.00. The predicted octanol–water partition coefficient (Wildman–Crippen LogP) is 9.61. The fourth-order valence-corrected chi connectivity index (χ4v) is 7.13. The average molecular weight is 625 g/mol. The van der Waals surface area contributed by atoms with Crippen LogP contribution in [0.1, 0.15) is 107 Å². The molecule has 0 N–H and O–H groups in total. The SMILES string of the molecule is CCCCOC[C@H]1O[C@@H](c2cccc(Cc3sc4ccccc4c3C)c2)[C@H](OCCCC)C(OCCCC)[C@@H]1OCCCC. The van der Waals surface area contributed by atoms with Gasteiger partial charge in [0.25, 0.3) is 0 Å². The summed E-state index contributed by atoms with van der Waals surface area (Å²) in [5.41, 5.74) is 3.80. The highest BCUT2D eigenvalue weighted by Gasteiger charge is 2.48. The minimum absolute atomic E-state index is 0.234. The molecule has 6 heteroatoms. The Morgan fingerprint density at radius 2 is 1.34 bits per heavy atom. The summed E-state index contributed by atoms with van der Waals surface area (Å²) in [5.74, 6) is 0. The van der Waals surface area contributed by atoms with E-state index in [-0.39, 0.29) is 30.5 Å². The van der Waals surface area contributed by atoms with Gasteiger partial charge in [-0.15, -0.1) is 11.3 Å². The second-order valence-corrected chi connectivity index (χ2v) is 13.3. The zero-order chi connectivity index (χ0) is 31.1. The lowest BCUT2D eigenvalue weighted by atomic mass is 9.89. The van der Waals surface area contributed by atoms with E-state index in [0.29, 0.717) is 26.4 Å². The summed E-state index contributed by atoms with van der Waals surface area (Å²) >= 11 is 1.90. The number of unbranched alkanes of at least 4 members (excludes halogenated alkanes) is 4. The Bertz CT molecular complexity index is 1220. The van der Waals surface area contributed by atoms with Crippen molar-refractivity contribution in [1.82, 2.24) is 0 Å². The molecule has 0 saturated carbocycles. The van der Waals surface area contributed by atoms with Gasteiger partial charge in [-0.25, -0.2) is 0 Å². The van der Waals surface area contributed by atoms with Crippen molar-refractivity contribution < 1.29 is 23.7 Å². The lowest BCUT2D eigenvalue weighted by Gasteiger charge is -2.46. The quantitative estimate of drug-likeness (QED) is 0.117. The van der Waals surface area contributed by atoms with Gasteiger partial charge in [-0.05, 0) is 60.7 Å². The molecular formula is C38H56O5S. The second-order valence-electron chi connectivity index (χ2n) is 12.2. The minimum Gasteiger partial charge on any atom is -0.379 e. The fourth-order valence-electron chi connectivity index (χ4n) is 5.89. The largest absolute Gasteiger partial charge is 0.379 e. The van der Waals surface area contributed by atoms with Gasteiger partial charge >= 0.3 is 0 Å². The van der Waals surface area contributed by atoms with Crippen LogP contribution in [0.3, 0.4) is 0 Å². The molecule has 5 nitrogen and oxygen atoms in total. The van der Waals surface area contributed by atoms with Crippen LogP contribution in [0.15, 0.2) is 48.5 Å². The zero-order valence-corrected chi connectivity index (χ0v) is 28.7. The first kappa shape index (κ1) is 35.1. The third-order valence-electron chi connectivity index (χ3n) is 8.57. The molecule has 2 heterocycles. The Morgan fingerprint density at radius 1 is 0.705 bits per heavy atom. The Kier molecular flexibility index (Phi) is 15.1. The van der Waals surface area contributed by atoms with Crippen molar-refractivity contribution in [2.45, 2.75) is 123 Å². The minimum atomic E-state index is -0.271. The van der Waals surface area contributed by atoms with E-state index >= 15 is 0 Å². The van der Waals surface area contributed by atoms with E-state index < -0.39 is 0 Å². The van der Waals surface area contributed by atoms with Crippen molar-refractivity contribution in [2.75, 3.05) is 33.0 Å². The summed E-state index contributed by atoms with van der Waals surface area (Å²) in [6.07, 6.45) is 8.04. The summed E-state index contributed by atoms with van der Waals surface area (Å²) in [6, 6.07) is 17.6. The van der Waals surface area contributed by atoms with E-state index in [0.717, 1.165) is 70.0 Å². The van der Waals surface area contributed by atoms with E-state index in [2.05, 4.69) is 83.1 Å². The molecule has 44 heavy (non-hydrogen) atoms. The first-order valence-corrected chi connectivity index (χ1v) is 18.1. The van der Waals surface area contributed by atoms with Crippen molar-refractivity contribution in [2.24, 2.45) is 0 Å². The zero-order valence-electron chi connectivity index (χ0n) is 27.9. The Hall–Kier alpha value is -1.80. The van der Waals surface area contributed by atoms with Crippen LogP contribution in [0.4, 0.5) is 0 Å². The van der Waals surface area contributed by atoms with Gasteiger partial charge in [0.15, 0.2) is 0 Å². The molecule has 1 aliphatic heterocycles. The summed E-state index contributed by atoms with van der Waals surface area (Å²) in [6.45, 7) is 14.3. The van der Waals surface area contributed by atoms with E-state index in [4.69, 9.17) is 23.7 Å². The molecule has 1 saturated heterocycles. The van der Waals surface area contributed by atoms with Crippen molar-refractivity contribution in [1.29, 1.82) is 0 Å². The molecule has 0 spiro atoms. The molecule has 1 fully saturated rings. The fraction of sp³-hybridized carbons (Fsp3) is 0.632. The molecule has 0 amide bonds. The molecule has 3 aromatic rings. The lowest BCUT2D eigenvalue weighted by Crippen LogP contribution is -2.58. The number of rotatable bonds is 20. The van der Waals surface area contributed by atoms with Gasteiger partial charge in [-0.3, -0.25) is 0 Å². The maximum atomic E-state index is 7.00. The van der Waals surface area contributed by atoms with E-state index in [1.165, 1.54) is 26.1 Å². The molecule has 0 bridgehead atoms. The summed E-state index contributed by atoms with van der Waals surface area (Å²) in [7, 11) is 0. The molecule has 1 aliphatic rings. The van der Waals surface area contributed by atoms with E-state index in [1.54, 1.807) is 0 Å². The normalized spacial score (nSPS) is 22.2. The third-order valence-corrected chi connectivity index (χ3v) is 9.84. The topological polar surface area (TPSA) is 46.2 Å². The van der Waals surface area contributed by atoms with Crippen molar-refractivity contribution in [3.63, 3.8) is 0 Å². The number of benzene rings is 2. The van der Waals surface area contributed by atoms with Crippen LogP contribution in [0.2, 0.25) is 0 Å². The highest BCUT2D eigenvalue weighted by Crippen LogP contribution is 2.39. The van der Waals surface area contributed by atoms with Crippen molar-refractivity contribution in [3.05, 3.63) is 70.1 Å². The van der Waals surface area contributed by atoms with Crippen LogP contribution in [0.5, 0.6) is 0 Å². The van der Waals surface area contributed by atoms with Gasteiger partial charge in [-0.1, -0.05) is 95.8 Å².